The van der Waals surface area contributed by atoms with E-state index in [2.05, 4.69) is 22.2 Å². The minimum absolute atomic E-state index is 0.0378. The van der Waals surface area contributed by atoms with Crippen molar-refractivity contribution in [2.45, 2.75) is 38.7 Å². The molecule has 3 heterocycles. The van der Waals surface area contributed by atoms with Gasteiger partial charge < -0.3 is 25.0 Å². The van der Waals surface area contributed by atoms with Crippen LogP contribution in [0.15, 0.2) is 53.5 Å². The molecule has 1 aromatic rings. The molecule has 8 nitrogen and oxygen atoms in total. The third-order valence-electron chi connectivity index (χ3n) is 5.85. The topological polar surface area (TPSA) is 92.3 Å². The normalized spacial score (nSPS) is 22.2. The molecule has 0 bridgehead atoms. The molecule has 3 aliphatic heterocycles. The van der Waals surface area contributed by atoms with E-state index >= 15 is 0 Å². The Kier molecular flexibility index (Phi) is 6.26. The van der Waals surface area contributed by atoms with Crippen LogP contribution in [0.1, 0.15) is 32.3 Å². The van der Waals surface area contributed by atoms with Gasteiger partial charge in [0.1, 0.15) is 22.9 Å². The number of amides is 2. The van der Waals surface area contributed by atoms with Gasteiger partial charge in [-0.1, -0.05) is 12.7 Å². The molecule has 8 heteroatoms. The first kappa shape index (κ1) is 22.6. The van der Waals surface area contributed by atoms with Gasteiger partial charge in [-0.2, -0.15) is 0 Å². The highest BCUT2D eigenvalue weighted by molar-refractivity contribution is 6.07. The summed E-state index contributed by atoms with van der Waals surface area (Å²) in [6, 6.07) is 3.74. The maximum absolute atomic E-state index is 13.2. The molecule has 4 rings (SSSR count). The standard InChI is InChI=1S/C25H30N4O4/c1-5-18(23-27-8-6-10-29(23)4)24(31)28-19-12-17-14-25(2,3)33-20(17)13-21(19)32-15-16-7-9-26-22(30)11-16/h5-6,8,10,12-13,16H,1,7,9,11,14-15H2,2-4H3,(H,26,30)(H,28,31)/b23-18+. The van der Waals surface area contributed by atoms with Crippen LogP contribution in [0.5, 0.6) is 11.5 Å². The van der Waals surface area contributed by atoms with E-state index in [0.717, 1.165) is 24.2 Å². The molecule has 33 heavy (non-hydrogen) atoms. The van der Waals surface area contributed by atoms with Crippen molar-refractivity contribution < 1.29 is 19.1 Å². The number of nitrogens with one attached hydrogen (secondary N) is 2. The van der Waals surface area contributed by atoms with Gasteiger partial charge in [-0.3, -0.25) is 9.59 Å². The molecule has 0 saturated carbocycles. The minimum atomic E-state index is -0.334. The number of nitrogens with zero attached hydrogens (tertiary/aromatic N) is 2. The van der Waals surface area contributed by atoms with Gasteiger partial charge in [-0.05, 0) is 32.4 Å². The van der Waals surface area contributed by atoms with E-state index in [-0.39, 0.29) is 23.3 Å². The van der Waals surface area contributed by atoms with Crippen molar-refractivity contribution in [3.8, 4) is 11.5 Å². The summed E-state index contributed by atoms with van der Waals surface area (Å²) in [6.45, 7) is 8.88. The first-order valence-electron chi connectivity index (χ1n) is 11.1. The maximum Gasteiger partial charge on any atom is 0.259 e. The fourth-order valence-corrected chi connectivity index (χ4v) is 4.23. The first-order chi connectivity index (χ1) is 15.8. The van der Waals surface area contributed by atoms with Crippen LogP contribution in [0.2, 0.25) is 0 Å². The Bertz CT molecular complexity index is 1070. The Morgan fingerprint density at radius 2 is 2.27 bits per heavy atom. The van der Waals surface area contributed by atoms with E-state index < -0.39 is 0 Å². The molecule has 1 saturated heterocycles. The van der Waals surface area contributed by atoms with Crippen molar-refractivity contribution in [1.82, 2.24) is 10.2 Å². The molecule has 3 aliphatic rings. The van der Waals surface area contributed by atoms with E-state index in [9.17, 15) is 9.59 Å². The highest BCUT2D eigenvalue weighted by atomic mass is 16.5. The number of hydrogen-bond donors (Lipinski definition) is 2. The Labute approximate surface area is 194 Å². The summed E-state index contributed by atoms with van der Waals surface area (Å²) < 4.78 is 12.2. The number of rotatable bonds is 6. The second-order valence-corrected chi connectivity index (χ2v) is 9.14. The molecule has 0 aromatic heterocycles. The molecule has 1 atom stereocenters. The van der Waals surface area contributed by atoms with Crippen LogP contribution >= 0.6 is 0 Å². The van der Waals surface area contributed by atoms with E-state index in [1.165, 1.54) is 6.08 Å². The molecule has 2 N–H and O–H groups in total. The van der Waals surface area contributed by atoms with Gasteiger partial charge in [-0.25, -0.2) is 4.99 Å². The van der Waals surface area contributed by atoms with Crippen LogP contribution in [-0.4, -0.2) is 48.7 Å². The summed E-state index contributed by atoms with van der Waals surface area (Å²) in [4.78, 5) is 31.0. The van der Waals surface area contributed by atoms with Gasteiger partial charge in [0.05, 0.1) is 17.9 Å². The fraction of sp³-hybridized carbons (Fsp3) is 0.400. The maximum atomic E-state index is 13.2. The summed E-state index contributed by atoms with van der Waals surface area (Å²) in [5.74, 6) is 1.59. The Morgan fingerprint density at radius 3 is 3.00 bits per heavy atom. The fourth-order valence-electron chi connectivity index (χ4n) is 4.23. The summed E-state index contributed by atoms with van der Waals surface area (Å²) >= 11 is 0. The van der Waals surface area contributed by atoms with Crippen molar-refractivity contribution in [1.29, 1.82) is 0 Å². The number of fused-ring (bicyclic) bond motifs is 1. The lowest BCUT2D eigenvalue weighted by Gasteiger charge is -2.23. The molecule has 0 radical (unpaired) electrons. The zero-order valence-corrected chi connectivity index (χ0v) is 19.3. The SMILES string of the molecule is C=C/C(C(=O)Nc1cc2c(cc1OCC1CCNC(=O)C1)OC(C)(C)C2)=C1/N=CC=CN1C. The predicted molar refractivity (Wildman–Crippen MR) is 127 cm³/mol. The Morgan fingerprint density at radius 1 is 1.45 bits per heavy atom. The second kappa shape index (κ2) is 9.13. The van der Waals surface area contributed by atoms with Crippen molar-refractivity contribution in [3.63, 3.8) is 0 Å². The molecule has 2 amide bonds. The zero-order chi connectivity index (χ0) is 23.6. The average Bonchev–Trinajstić information content (AvgIpc) is 3.06. The van der Waals surface area contributed by atoms with E-state index in [4.69, 9.17) is 9.47 Å². The van der Waals surface area contributed by atoms with Gasteiger partial charge in [0.25, 0.3) is 5.91 Å². The number of carbonyl (C=O) groups is 2. The number of aliphatic imine (C=N–C) groups is 1. The monoisotopic (exact) mass is 450 g/mol. The number of piperidine rings is 1. The van der Waals surface area contributed by atoms with Gasteiger partial charge in [0.15, 0.2) is 0 Å². The molecule has 1 unspecified atom stereocenters. The molecule has 1 aromatic carbocycles. The molecule has 1 fully saturated rings. The lowest BCUT2D eigenvalue weighted by atomic mass is 9.98. The number of ether oxygens (including phenoxy) is 2. The molecular formula is C25H30N4O4. The van der Waals surface area contributed by atoms with Crippen molar-refractivity contribution in [2.24, 2.45) is 10.9 Å². The van der Waals surface area contributed by atoms with Crippen LogP contribution in [0.25, 0.3) is 0 Å². The number of benzene rings is 1. The highest BCUT2D eigenvalue weighted by Crippen LogP contribution is 2.41. The summed E-state index contributed by atoms with van der Waals surface area (Å²) in [5, 5.41) is 5.82. The van der Waals surface area contributed by atoms with Crippen LogP contribution < -0.4 is 20.1 Å². The van der Waals surface area contributed by atoms with Gasteiger partial charge in [0.2, 0.25) is 5.91 Å². The predicted octanol–water partition coefficient (Wildman–Crippen LogP) is 3.17. The summed E-state index contributed by atoms with van der Waals surface area (Å²) in [6.07, 6.45) is 8.76. The highest BCUT2D eigenvalue weighted by Gasteiger charge is 2.32. The molecule has 0 aliphatic carbocycles. The number of anilines is 1. The average molecular weight is 451 g/mol. The van der Waals surface area contributed by atoms with Crippen LogP contribution in [0.3, 0.4) is 0 Å². The summed E-state index contributed by atoms with van der Waals surface area (Å²) in [5.41, 5.74) is 1.58. The number of allylic oxidation sites excluding steroid dienone is 1. The minimum Gasteiger partial charge on any atom is -0.491 e. The second-order valence-electron chi connectivity index (χ2n) is 9.14. The van der Waals surface area contributed by atoms with E-state index in [1.54, 1.807) is 17.2 Å². The smallest absolute Gasteiger partial charge is 0.259 e. The van der Waals surface area contributed by atoms with Gasteiger partial charge in [0, 0.05) is 56.4 Å². The molecule has 174 valence electrons. The first-order valence-corrected chi connectivity index (χ1v) is 11.1. The number of hydrogen-bond acceptors (Lipinski definition) is 6. The van der Waals surface area contributed by atoms with E-state index in [1.807, 2.05) is 39.2 Å². The molecular weight excluding hydrogens is 420 g/mol. The van der Waals surface area contributed by atoms with Crippen LogP contribution in [0, 0.1) is 5.92 Å². The number of carbonyl (C=O) groups excluding carboxylic acids is 2. The lowest BCUT2D eigenvalue weighted by molar-refractivity contribution is -0.123. The van der Waals surface area contributed by atoms with Crippen LogP contribution in [-0.2, 0) is 16.0 Å². The lowest BCUT2D eigenvalue weighted by Crippen LogP contribution is -2.35. The van der Waals surface area contributed by atoms with E-state index in [0.29, 0.717) is 42.4 Å². The van der Waals surface area contributed by atoms with Crippen molar-refractivity contribution >= 4 is 23.7 Å². The Hall–Kier alpha value is -3.55. The third-order valence-corrected chi connectivity index (χ3v) is 5.85. The van der Waals surface area contributed by atoms with Gasteiger partial charge in [-0.15, -0.1) is 0 Å². The zero-order valence-electron chi connectivity index (χ0n) is 19.3. The third kappa shape index (κ3) is 5.10. The van der Waals surface area contributed by atoms with Gasteiger partial charge >= 0.3 is 0 Å². The van der Waals surface area contributed by atoms with Crippen molar-refractivity contribution in [3.05, 3.63) is 54.0 Å². The van der Waals surface area contributed by atoms with Crippen LogP contribution in [0.4, 0.5) is 5.69 Å². The molecule has 0 spiro atoms. The largest absolute Gasteiger partial charge is 0.491 e. The van der Waals surface area contributed by atoms with Crippen molar-refractivity contribution in [2.75, 3.05) is 25.5 Å². The Balaban J connectivity index is 1.60. The quantitative estimate of drug-likeness (QED) is 0.650. The summed E-state index contributed by atoms with van der Waals surface area (Å²) in [7, 11) is 1.82.